The van der Waals surface area contributed by atoms with Crippen LogP contribution in [0.4, 0.5) is 0 Å². The van der Waals surface area contributed by atoms with Crippen molar-refractivity contribution in [3.8, 4) is 16.9 Å². The van der Waals surface area contributed by atoms with Crippen LogP contribution in [-0.2, 0) is 10.0 Å². The van der Waals surface area contributed by atoms with Crippen molar-refractivity contribution >= 4 is 15.7 Å². The van der Waals surface area contributed by atoms with Gasteiger partial charge in [-0.05, 0) is 51.0 Å². The van der Waals surface area contributed by atoms with Gasteiger partial charge in [-0.1, -0.05) is 13.0 Å². The first-order chi connectivity index (χ1) is 12.8. The highest BCUT2D eigenvalue weighted by Gasteiger charge is 2.23. The number of aromatic nitrogens is 3. The van der Waals surface area contributed by atoms with Gasteiger partial charge in [0.05, 0.1) is 13.3 Å². The highest BCUT2D eigenvalue weighted by atomic mass is 32.2. The molecule has 0 fully saturated rings. The van der Waals surface area contributed by atoms with E-state index < -0.39 is 10.0 Å². The Morgan fingerprint density at radius 2 is 2.00 bits per heavy atom. The number of ether oxygens (including phenoxy) is 1. The molecule has 1 N–H and O–H groups in total. The van der Waals surface area contributed by atoms with E-state index in [9.17, 15) is 8.42 Å². The lowest BCUT2D eigenvalue weighted by Gasteiger charge is -2.15. The predicted molar refractivity (Wildman–Crippen MR) is 105 cm³/mol. The molecule has 1 atom stereocenters. The fourth-order valence-electron chi connectivity index (χ4n) is 2.94. The van der Waals surface area contributed by atoms with Crippen LogP contribution < -0.4 is 9.46 Å². The first-order valence-corrected chi connectivity index (χ1v) is 10.3. The molecule has 0 aliphatic rings. The van der Waals surface area contributed by atoms with E-state index >= 15 is 0 Å². The van der Waals surface area contributed by atoms with Gasteiger partial charge in [-0.2, -0.15) is 5.10 Å². The van der Waals surface area contributed by atoms with Crippen LogP contribution in [0.5, 0.6) is 5.75 Å². The number of nitrogens with zero attached hydrogens (tertiary/aromatic N) is 3. The van der Waals surface area contributed by atoms with Crippen molar-refractivity contribution < 1.29 is 13.2 Å². The first kappa shape index (κ1) is 19.3. The molecule has 144 valence electrons. The summed E-state index contributed by atoms with van der Waals surface area (Å²) < 4.78 is 35.4. The third-order valence-electron chi connectivity index (χ3n) is 4.51. The lowest BCUT2D eigenvalue weighted by atomic mass is 10.1. The number of aryl methyl sites for hydroxylation is 2. The van der Waals surface area contributed by atoms with Gasteiger partial charge in [0.1, 0.15) is 10.6 Å². The van der Waals surface area contributed by atoms with Crippen molar-refractivity contribution in [3.05, 3.63) is 41.9 Å². The predicted octanol–water partition coefficient (Wildman–Crippen LogP) is 3.10. The lowest BCUT2D eigenvalue weighted by Crippen LogP contribution is -2.32. The van der Waals surface area contributed by atoms with Crippen LogP contribution in [0.15, 0.2) is 35.4 Å². The Morgan fingerprint density at radius 1 is 1.26 bits per heavy atom. The fraction of sp³-hybridized carbons (Fsp3) is 0.368. The standard InChI is InChI=1S/C19H24N4O3S/c1-6-12(2)22-27(24,25)18-10-15(7-8-17(18)26-5)16-11-20-23-14(4)9-13(3)21-19(16)23/h7-12,22H,6H2,1-5H3. The van der Waals surface area contributed by atoms with Crippen molar-refractivity contribution in [1.29, 1.82) is 0 Å². The van der Waals surface area contributed by atoms with E-state index in [0.29, 0.717) is 23.4 Å². The van der Waals surface area contributed by atoms with Crippen molar-refractivity contribution in [3.63, 3.8) is 0 Å². The molecule has 0 spiro atoms. The number of rotatable bonds is 6. The molecule has 8 heteroatoms. The summed E-state index contributed by atoms with van der Waals surface area (Å²) in [6.07, 6.45) is 2.40. The minimum Gasteiger partial charge on any atom is -0.495 e. The molecule has 0 saturated heterocycles. The van der Waals surface area contributed by atoms with Crippen LogP contribution in [-0.4, -0.2) is 36.2 Å². The maximum atomic E-state index is 12.8. The Labute approximate surface area is 159 Å². The van der Waals surface area contributed by atoms with Gasteiger partial charge in [0.2, 0.25) is 10.0 Å². The molecular weight excluding hydrogens is 364 g/mol. The second kappa shape index (κ2) is 7.28. The van der Waals surface area contributed by atoms with Crippen molar-refractivity contribution in [1.82, 2.24) is 19.3 Å². The summed E-state index contributed by atoms with van der Waals surface area (Å²) in [6.45, 7) is 7.63. The average molecular weight is 388 g/mol. The fourth-order valence-corrected chi connectivity index (χ4v) is 4.46. The van der Waals surface area contributed by atoms with Gasteiger partial charge in [-0.15, -0.1) is 0 Å². The SMILES string of the molecule is CCC(C)NS(=O)(=O)c1cc(-c2cnn3c(C)cc(C)nc23)ccc1OC. The first-order valence-electron chi connectivity index (χ1n) is 8.79. The Kier molecular flexibility index (Phi) is 5.21. The summed E-state index contributed by atoms with van der Waals surface area (Å²) in [6, 6.07) is 6.86. The van der Waals surface area contributed by atoms with Crippen LogP contribution in [0.25, 0.3) is 16.8 Å². The molecule has 0 aliphatic carbocycles. The molecule has 0 bridgehead atoms. The molecule has 2 aromatic heterocycles. The number of methoxy groups -OCH3 is 1. The highest BCUT2D eigenvalue weighted by Crippen LogP contribution is 2.32. The number of hydrogen-bond acceptors (Lipinski definition) is 5. The molecule has 7 nitrogen and oxygen atoms in total. The van der Waals surface area contributed by atoms with Crippen LogP contribution in [0.3, 0.4) is 0 Å². The Hall–Kier alpha value is -2.45. The zero-order valence-corrected chi connectivity index (χ0v) is 17.0. The Morgan fingerprint density at radius 3 is 2.67 bits per heavy atom. The topological polar surface area (TPSA) is 85.6 Å². The summed E-state index contributed by atoms with van der Waals surface area (Å²) in [5.74, 6) is 0.298. The molecule has 0 aliphatic heterocycles. The third kappa shape index (κ3) is 3.68. The number of hydrogen-bond donors (Lipinski definition) is 1. The normalized spacial score (nSPS) is 13.1. The molecule has 0 amide bonds. The van der Waals surface area contributed by atoms with E-state index in [1.165, 1.54) is 7.11 Å². The maximum absolute atomic E-state index is 12.8. The zero-order chi connectivity index (χ0) is 19.8. The van der Waals surface area contributed by atoms with E-state index in [0.717, 1.165) is 17.0 Å². The molecule has 3 aromatic rings. The van der Waals surface area contributed by atoms with E-state index in [1.54, 1.807) is 22.8 Å². The van der Waals surface area contributed by atoms with Gasteiger partial charge in [-0.3, -0.25) is 0 Å². The van der Waals surface area contributed by atoms with Crippen LogP contribution >= 0.6 is 0 Å². The van der Waals surface area contributed by atoms with Gasteiger partial charge in [0, 0.05) is 23.0 Å². The highest BCUT2D eigenvalue weighted by molar-refractivity contribution is 7.89. The molecule has 27 heavy (non-hydrogen) atoms. The van der Waals surface area contributed by atoms with Crippen molar-refractivity contribution in [2.75, 3.05) is 7.11 Å². The average Bonchev–Trinajstić information content (AvgIpc) is 3.04. The van der Waals surface area contributed by atoms with Gasteiger partial charge in [-0.25, -0.2) is 22.6 Å². The minimum absolute atomic E-state index is 0.103. The van der Waals surface area contributed by atoms with E-state index in [-0.39, 0.29) is 10.9 Å². The second-order valence-corrected chi connectivity index (χ2v) is 8.31. The molecule has 1 unspecified atom stereocenters. The van der Waals surface area contributed by atoms with Gasteiger partial charge >= 0.3 is 0 Å². The largest absolute Gasteiger partial charge is 0.495 e. The van der Waals surface area contributed by atoms with Crippen LogP contribution in [0.2, 0.25) is 0 Å². The Balaban J connectivity index is 2.17. The van der Waals surface area contributed by atoms with Crippen molar-refractivity contribution in [2.45, 2.75) is 45.1 Å². The molecule has 2 heterocycles. The zero-order valence-electron chi connectivity index (χ0n) is 16.1. The minimum atomic E-state index is -3.72. The summed E-state index contributed by atoms with van der Waals surface area (Å²) in [5, 5.41) is 4.39. The van der Waals surface area contributed by atoms with Crippen LogP contribution in [0.1, 0.15) is 31.7 Å². The number of sulfonamides is 1. The van der Waals surface area contributed by atoms with Gasteiger partial charge in [0.25, 0.3) is 0 Å². The maximum Gasteiger partial charge on any atom is 0.244 e. The molecule has 0 radical (unpaired) electrons. The van der Waals surface area contributed by atoms with Gasteiger partial charge in [0.15, 0.2) is 5.65 Å². The van der Waals surface area contributed by atoms with Crippen molar-refractivity contribution in [2.24, 2.45) is 0 Å². The summed E-state index contributed by atoms with van der Waals surface area (Å²) >= 11 is 0. The van der Waals surface area contributed by atoms with E-state index in [1.807, 2.05) is 39.8 Å². The molecule has 0 saturated carbocycles. The second-order valence-electron chi connectivity index (χ2n) is 6.63. The smallest absolute Gasteiger partial charge is 0.244 e. The Bertz CT molecular complexity index is 1090. The number of benzene rings is 1. The van der Waals surface area contributed by atoms with Gasteiger partial charge < -0.3 is 4.74 Å². The third-order valence-corrected chi connectivity index (χ3v) is 6.12. The van der Waals surface area contributed by atoms with E-state index in [2.05, 4.69) is 14.8 Å². The molecule has 3 rings (SSSR count). The number of nitrogens with one attached hydrogen (secondary N) is 1. The van der Waals surface area contributed by atoms with Crippen LogP contribution in [0, 0.1) is 13.8 Å². The summed E-state index contributed by atoms with van der Waals surface area (Å²) in [4.78, 5) is 4.68. The summed E-state index contributed by atoms with van der Waals surface area (Å²) in [5.41, 5.74) is 4.01. The molecular formula is C19H24N4O3S. The molecule has 1 aromatic carbocycles. The lowest BCUT2D eigenvalue weighted by molar-refractivity contribution is 0.402. The van der Waals surface area contributed by atoms with E-state index in [4.69, 9.17) is 4.74 Å². The summed E-state index contributed by atoms with van der Waals surface area (Å²) in [7, 11) is -2.26. The monoisotopic (exact) mass is 388 g/mol. The number of fused-ring (bicyclic) bond motifs is 1. The quantitative estimate of drug-likeness (QED) is 0.701.